The number of hydrogen-bond donors (Lipinski definition) is 1. The summed E-state index contributed by atoms with van der Waals surface area (Å²) in [7, 11) is 1.45. The van der Waals surface area contributed by atoms with E-state index in [4.69, 9.17) is 4.74 Å². The second kappa shape index (κ2) is 9.24. The van der Waals surface area contributed by atoms with Crippen molar-refractivity contribution in [2.75, 3.05) is 7.11 Å². The standard InChI is InChI=1S/C22H24O5/c1-14(2)4-10-18-21(25)13-17(27-3)12-19(22(18)26)20(24)11-7-15-5-8-16(23)9-6-15/h4-9,11-12,17-18,23H,10,13H2,1-3H3/b11-7+. The fraction of sp³-hybridized carbons (Fsp3) is 0.318. The molecule has 1 aliphatic rings. The van der Waals surface area contributed by atoms with Crippen molar-refractivity contribution in [1.29, 1.82) is 0 Å². The van der Waals surface area contributed by atoms with Gasteiger partial charge in [0.15, 0.2) is 11.6 Å². The third-order valence-corrected chi connectivity index (χ3v) is 4.38. The number of carbonyl (C=O) groups excluding carboxylic acids is 3. The highest BCUT2D eigenvalue weighted by molar-refractivity contribution is 6.29. The van der Waals surface area contributed by atoms with Crippen LogP contribution in [-0.4, -0.2) is 35.7 Å². The summed E-state index contributed by atoms with van der Waals surface area (Å²) in [4.78, 5) is 38.0. The molecule has 0 saturated heterocycles. The first-order valence-electron chi connectivity index (χ1n) is 8.78. The number of allylic oxidation sites excluding steroid dienone is 4. The summed E-state index contributed by atoms with van der Waals surface area (Å²) in [5, 5.41) is 9.31. The number of ketones is 3. The number of benzene rings is 1. The summed E-state index contributed by atoms with van der Waals surface area (Å²) in [5.74, 6) is -1.88. The van der Waals surface area contributed by atoms with Crippen molar-refractivity contribution >= 4 is 23.4 Å². The molecular formula is C22H24O5. The first-order chi connectivity index (χ1) is 12.8. The van der Waals surface area contributed by atoms with Crippen LogP contribution in [0.2, 0.25) is 0 Å². The molecule has 0 fully saturated rings. The largest absolute Gasteiger partial charge is 0.508 e. The lowest BCUT2D eigenvalue weighted by Gasteiger charge is -2.11. The lowest BCUT2D eigenvalue weighted by Crippen LogP contribution is -2.26. The van der Waals surface area contributed by atoms with Crippen LogP contribution < -0.4 is 0 Å². The molecule has 2 unspecified atom stereocenters. The number of ether oxygens (including phenoxy) is 1. The minimum Gasteiger partial charge on any atom is -0.508 e. The van der Waals surface area contributed by atoms with Gasteiger partial charge in [0.05, 0.1) is 17.6 Å². The van der Waals surface area contributed by atoms with Crippen LogP contribution in [0.25, 0.3) is 6.08 Å². The number of rotatable bonds is 6. The third kappa shape index (κ3) is 5.59. The SMILES string of the molecule is COC1C=C(C(=O)/C=C/c2ccc(O)cc2)C(=O)C(CC=C(C)C)C(=O)C1. The van der Waals surface area contributed by atoms with Gasteiger partial charge in [-0.1, -0.05) is 29.9 Å². The van der Waals surface area contributed by atoms with E-state index in [1.165, 1.54) is 31.4 Å². The summed E-state index contributed by atoms with van der Waals surface area (Å²) in [5.41, 5.74) is 1.70. The number of methoxy groups -OCH3 is 1. The van der Waals surface area contributed by atoms with Gasteiger partial charge in [0.1, 0.15) is 11.5 Å². The summed E-state index contributed by atoms with van der Waals surface area (Å²) >= 11 is 0. The van der Waals surface area contributed by atoms with Crippen LogP contribution in [0.3, 0.4) is 0 Å². The van der Waals surface area contributed by atoms with Gasteiger partial charge in [-0.2, -0.15) is 0 Å². The maximum absolute atomic E-state index is 12.9. The first kappa shape index (κ1) is 20.5. The molecule has 5 nitrogen and oxygen atoms in total. The Morgan fingerprint density at radius 1 is 1.22 bits per heavy atom. The fourth-order valence-electron chi connectivity index (χ4n) is 2.80. The van der Waals surface area contributed by atoms with Crippen molar-refractivity contribution in [1.82, 2.24) is 0 Å². The number of phenolic OH excluding ortho intramolecular Hbond substituents is 1. The van der Waals surface area contributed by atoms with Crippen molar-refractivity contribution in [3.8, 4) is 5.75 Å². The molecule has 0 aromatic heterocycles. The summed E-state index contributed by atoms with van der Waals surface area (Å²) < 4.78 is 5.25. The molecule has 2 atom stereocenters. The lowest BCUT2D eigenvalue weighted by molar-refractivity contribution is -0.131. The molecule has 2 rings (SSSR count). The van der Waals surface area contributed by atoms with Crippen molar-refractivity contribution < 1.29 is 24.2 Å². The van der Waals surface area contributed by atoms with Gasteiger partial charge in [-0.05, 0) is 50.1 Å². The van der Waals surface area contributed by atoms with Crippen molar-refractivity contribution in [2.45, 2.75) is 32.8 Å². The fourth-order valence-corrected chi connectivity index (χ4v) is 2.80. The van der Waals surface area contributed by atoms with Gasteiger partial charge in [0.25, 0.3) is 0 Å². The van der Waals surface area contributed by atoms with Crippen molar-refractivity contribution in [3.63, 3.8) is 0 Å². The van der Waals surface area contributed by atoms with E-state index >= 15 is 0 Å². The predicted octanol–water partition coefficient (Wildman–Crippen LogP) is 3.43. The molecule has 142 valence electrons. The molecule has 1 aromatic rings. The zero-order valence-corrected chi connectivity index (χ0v) is 15.8. The highest BCUT2D eigenvalue weighted by Gasteiger charge is 2.35. The molecule has 0 saturated carbocycles. The third-order valence-electron chi connectivity index (χ3n) is 4.38. The number of hydrogen-bond acceptors (Lipinski definition) is 5. The maximum atomic E-state index is 12.9. The van der Waals surface area contributed by atoms with Gasteiger partial charge >= 0.3 is 0 Å². The zero-order chi connectivity index (χ0) is 20.0. The average molecular weight is 368 g/mol. The quantitative estimate of drug-likeness (QED) is 0.360. The minimum absolute atomic E-state index is 0.0186. The normalized spacial score (nSPS) is 20.3. The zero-order valence-electron chi connectivity index (χ0n) is 15.8. The minimum atomic E-state index is -0.864. The van der Waals surface area contributed by atoms with E-state index in [9.17, 15) is 19.5 Å². The topological polar surface area (TPSA) is 80.7 Å². The Morgan fingerprint density at radius 2 is 1.89 bits per heavy atom. The molecule has 5 heteroatoms. The average Bonchev–Trinajstić information content (AvgIpc) is 2.75. The Labute approximate surface area is 159 Å². The number of aromatic hydroxyl groups is 1. The molecule has 0 amide bonds. The van der Waals surface area contributed by atoms with Crippen LogP contribution in [-0.2, 0) is 19.1 Å². The Balaban J connectivity index is 2.29. The van der Waals surface area contributed by atoms with E-state index < -0.39 is 23.6 Å². The highest BCUT2D eigenvalue weighted by atomic mass is 16.5. The maximum Gasteiger partial charge on any atom is 0.189 e. The molecule has 27 heavy (non-hydrogen) atoms. The van der Waals surface area contributed by atoms with Crippen LogP contribution in [0, 0.1) is 5.92 Å². The monoisotopic (exact) mass is 368 g/mol. The Bertz CT molecular complexity index is 808. The molecule has 1 N–H and O–H groups in total. The van der Waals surface area contributed by atoms with E-state index in [0.29, 0.717) is 5.56 Å². The van der Waals surface area contributed by atoms with Crippen LogP contribution >= 0.6 is 0 Å². The van der Waals surface area contributed by atoms with Gasteiger partial charge in [0.2, 0.25) is 0 Å². The number of phenols is 1. The van der Waals surface area contributed by atoms with E-state index in [2.05, 4.69) is 0 Å². The van der Waals surface area contributed by atoms with Gasteiger partial charge < -0.3 is 9.84 Å². The Morgan fingerprint density at radius 3 is 2.48 bits per heavy atom. The molecule has 0 aliphatic heterocycles. The molecule has 1 aromatic carbocycles. The summed E-state index contributed by atoms with van der Waals surface area (Å²) in [6.45, 7) is 3.79. The number of Topliss-reactive ketones (excluding diaryl/α,β-unsaturated/α-hetero) is 2. The molecule has 0 bridgehead atoms. The molecule has 0 heterocycles. The summed E-state index contributed by atoms with van der Waals surface area (Å²) in [6, 6.07) is 6.33. The van der Waals surface area contributed by atoms with Crippen LogP contribution in [0.5, 0.6) is 5.75 Å². The lowest BCUT2D eigenvalue weighted by atomic mass is 9.89. The van der Waals surface area contributed by atoms with Gasteiger partial charge in [-0.25, -0.2) is 0 Å². The van der Waals surface area contributed by atoms with Crippen LogP contribution in [0.1, 0.15) is 32.3 Å². The van der Waals surface area contributed by atoms with Gasteiger partial charge in [-0.15, -0.1) is 0 Å². The Kier molecular flexibility index (Phi) is 7.02. The highest BCUT2D eigenvalue weighted by Crippen LogP contribution is 2.24. The van der Waals surface area contributed by atoms with Crippen LogP contribution in [0.15, 0.2) is 53.6 Å². The molecule has 0 spiro atoms. The molecule has 1 aliphatic carbocycles. The van der Waals surface area contributed by atoms with Gasteiger partial charge in [0, 0.05) is 13.5 Å². The number of carbonyl (C=O) groups is 3. The first-order valence-corrected chi connectivity index (χ1v) is 8.78. The second-order valence-corrected chi connectivity index (χ2v) is 6.75. The van der Waals surface area contributed by atoms with Crippen molar-refractivity contribution in [2.24, 2.45) is 5.92 Å². The van der Waals surface area contributed by atoms with Crippen LogP contribution in [0.4, 0.5) is 0 Å². The smallest absolute Gasteiger partial charge is 0.189 e. The van der Waals surface area contributed by atoms with Crippen molar-refractivity contribution in [3.05, 3.63) is 59.2 Å². The molecule has 0 radical (unpaired) electrons. The van der Waals surface area contributed by atoms with E-state index in [1.807, 2.05) is 19.9 Å². The van der Waals surface area contributed by atoms with E-state index in [-0.39, 0.29) is 29.9 Å². The van der Waals surface area contributed by atoms with E-state index in [0.717, 1.165) is 5.57 Å². The molecular weight excluding hydrogens is 344 g/mol. The predicted molar refractivity (Wildman–Crippen MR) is 103 cm³/mol. The summed E-state index contributed by atoms with van der Waals surface area (Å²) in [6.07, 6.45) is 5.91. The van der Waals surface area contributed by atoms with Gasteiger partial charge in [-0.3, -0.25) is 14.4 Å². The van der Waals surface area contributed by atoms with E-state index in [1.54, 1.807) is 18.2 Å². The Hall–Kier alpha value is -2.79. The second-order valence-electron chi connectivity index (χ2n) is 6.75.